The van der Waals surface area contributed by atoms with Gasteiger partial charge in [0, 0.05) is 31.1 Å². The Morgan fingerprint density at radius 3 is 2.76 bits per heavy atom. The molecule has 1 fully saturated rings. The molecule has 0 radical (unpaired) electrons. The molecule has 0 bridgehead atoms. The molecule has 1 aliphatic rings. The maximum absolute atomic E-state index is 4.66. The fourth-order valence-corrected chi connectivity index (χ4v) is 3.16. The van der Waals surface area contributed by atoms with Gasteiger partial charge in [-0.2, -0.15) is 0 Å². The van der Waals surface area contributed by atoms with Gasteiger partial charge in [-0.1, -0.05) is 0 Å². The first-order chi connectivity index (χ1) is 8.20. The summed E-state index contributed by atoms with van der Waals surface area (Å²) in [6, 6.07) is 0.739. The van der Waals surface area contributed by atoms with Crippen molar-refractivity contribution in [3.8, 4) is 0 Å². The molecule has 5 heteroatoms. The summed E-state index contributed by atoms with van der Waals surface area (Å²) in [5.41, 5.74) is 1.15. The summed E-state index contributed by atoms with van der Waals surface area (Å²) in [6.07, 6.45) is 2.49. The van der Waals surface area contributed by atoms with Crippen molar-refractivity contribution in [2.75, 3.05) is 39.1 Å². The highest BCUT2D eigenvalue weighted by Crippen LogP contribution is 2.25. The third-order valence-electron chi connectivity index (χ3n) is 3.36. The zero-order valence-electron chi connectivity index (χ0n) is 10.9. The van der Waals surface area contributed by atoms with Crippen molar-refractivity contribution < 1.29 is 0 Å². The molecule has 1 aromatic heterocycles. The van der Waals surface area contributed by atoms with Crippen molar-refractivity contribution in [3.63, 3.8) is 0 Å². The van der Waals surface area contributed by atoms with Gasteiger partial charge in [-0.3, -0.25) is 0 Å². The first-order valence-corrected chi connectivity index (χ1v) is 7.09. The van der Waals surface area contributed by atoms with E-state index in [9.17, 15) is 0 Å². The Hall–Kier alpha value is -0.650. The lowest BCUT2D eigenvalue weighted by atomic mass is 10.0. The van der Waals surface area contributed by atoms with Gasteiger partial charge in [0.25, 0.3) is 0 Å². The molecule has 0 amide bonds. The topological polar surface area (TPSA) is 31.4 Å². The number of thiazole rings is 1. The molecule has 1 N–H and O–H groups in total. The molecule has 1 aromatic rings. The summed E-state index contributed by atoms with van der Waals surface area (Å²) >= 11 is 1.77. The second kappa shape index (κ2) is 5.80. The van der Waals surface area contributed by atoms with Crippen LogP contribution in [0.1, 0.15) is 18.5 Å². The number of hydrogen-bond donors (Lipinski definition) is 1. The minimum absolute atomic E-state index is 0.739. The van der Waals surface area contributed by atoms with Crippen LogP contribution in [0.15, 0.2) is 5.38 Å². The van der Waals surface area contributed by atoms with Gasteiger partial charge in [0.1, 0.15) is 0 Å². The van der Waals surface area contributed by atoms with Crippen molar-refractivity contribution in [1.82, 2.24) is 15.2 Å². The molecule has 1 aliphatic heterocycles. The van der Waals surface area contributed by atoms with E-state index in [2.05, 4.69) is 39.6 Å². The molecule has 0 aromatic carbocycles. The minimum atomic E-state index is 0.739. The maximum Gasteiger partial charge on any atom is 0.185 e. The van der Waals surface area contributed by atoms with E-state index < -0.39 is 0 Å². The first-order valence-electron chi connectivity index (χ1n) is 6.21. The monoisotopic (exact) mass is 254 g/mol. The number of piperidine rings is 1. The van der Waals surface area contributed by atoms with Gasteiger partial charge >= 0.3 is 0 Å². The third kappa shape index (κ3) is 3.18. The van der Waals surface area contributed by atoms with Gasteiger partial charge in [-0.25, -0.2) is 4.98 Å². The second-order valence-corrected chi connectivity index (χ2v) is 5.67. The van der Waals surface area contributed by atoms with E-state index >= 15 is 0 Å². The van der Waals surface area contributed by atoms with Gasteiger partial charge in [0.2, 0.25) is 0 Å². The Kier molecular flexibility index (Phi) is 4.36. The molecule has 0 spiro atoms. The molecule has 0 atom stereocenters. The van der Waals surface area contributed by atoms with Crippen LogP contribution in [-0.4, -0.2) is 50.2 Å². The highest BCUT2D eigenvalue weighted by Gasteiger charge is 2.22. The normalized spacial score (nSPS) is 18.0. The van der Waals surface area contributed by atoms with E-state index in [0.717, 1.165) is 31.4 Å². The lowest BCUT2D eigenvalue weighted by Crippen LogP contribution is -2.41. The number of aromatic nitrogens is 1. The van der Waals surface area contributed by atoms with Crippen LogP contribution in [-0.2, 0) is 6.54 Å². The Balaban J connectivity index is 1.91. The van der Waals surface area contributed by atoms with Crippen LogP contribution in [0.25, 0.3) is 0 Å². The summed E-state index contributed by atoms with van der Waals surface area (Å²) in [5.74, 6) is 0. The Morgan fingerprint density at radius 2 is 2.18 bits per heavy atom. The van der Waals surface area contributed by atoms with Crippen molar-refractivity contribution >= 4 is 16.5 Å². The molecular formula is C12H22N4S. The van der Waals surface area contributed by atoms with E-state index in [1.54, 1.807) is 11.3 Å². The molecule has 2 rings (SSSR count). The van der Waals surface area contributed by atoms with E-state index in [4.69, 9.17) is 0 Å². The zero-order chi connectivity index (χ0) is 12.3. The lowest BCUT2D eigenvalue weighted by Gasteiger charge is -2.35. The van der Waals surface area contributed by atoms with Gasteiger partial charge in [-0.05, 0) is 34.0 Å². The van der Waals surface area contributed by atoms with E-state index in [-0.39, 0.29) is 0 Å². The van der Waals surface area contributed by atoms with E-state index in [1.165, 1.54) is 18.0 Å². The largest absolute Gasteiger partial charge is 0.348 e. The van der Waals surface area contributed by atoms with Crippen LogP contribution in [0.3, 0.4) is 0 Å². The fraction of sp³-hybridized carbons (Fsp3) is 0.750. The molecule has 96 valence electrons. The van der Waals surface area contributed by atoms with Crippen molar-refractivity contribution in [1.29, 1.82) is 0 Å². The highest BCUT2D eigenvalue weighted by molar-refractivity contribution is 7.13. The van der Waals surface area contributed by atoms with Crippen molar-refractivity contribution in [2.45, 2.75) is 25.4 Å². The third-order valence-corrected chi connectivity index (χ3v) is 4.31. The molecule has 0 unspecified atom stereocenters. The summed E-state index contributed by atoms with van der Waals surface area (Å²) in [5, 5.41) is 6.49. The van der Waals surface area contributed by atoms with Crippen LogP contribution in [0.5, 0.6) is 0 Å². The molecule has 17 heavy (non-hydrogen) atoms. The molecular weight excluding hydrogens is 232 g/mol. The Bertz CT molecular complexity index is 342. The molecule has 0 aliphatic carbocycles. The number of nitrogens with one attached hydrogen (secondary N) is 1. The van der Waals surface area contributed by atoms with Crippen molar-refractivity contribution in [3.05, 3.63) is 11.1 Å². The maximum atomic E-state index is 4.66. The molecule has 2 heterocycles. The van der Waals surface area contributed by atoms with Crippen LogP contribution < -0.4 is 10.2 Å². The van der Waals surface area contributed by atoms with Gasteiger partial charge in [0.05, 0.1) is 5.69 Å². The first kappa shape index (κ1) is 12.8. The Morgan fingerprint density at radius 1 is 1.47 bits per heavy atom. The fourth-order valence-electron chi connectivity index (χ4n) is 2.28. The average Bonchev–Trinajstić information content (AvgIpc) is 2.78. The Labute approximate surface area is 108 Å². The molecule has 1 saturated heterocycles. The predicted molar refractivity (Wildman–Crippen MR) is 73.8 cm³/mol. The van der Waals surface area contributed by atoms with E-state index in [1.807, 2.05) is 7.05 Å². The van der Waals surface area contributed by atoms with Crippen LogP contribution in [0, 0.1) is 0 Å². The number of rotatable bonds is 4. The van der Waals surface area contributed by atoms with Crippen LogP contribution >= 0.6 is 11.3 Å². The van der Waals surface area contributed by atoms with E-state index in [0.29, 0.717) is 0 Å². The van der Waals surface area contributed by atoms with Crippen LogP contribution in [0.2, 0.25) is 0 Å². The van der Waals surface area contributed by atoms with Crippen molar-refractivity contribution in [2.24, 2.45) is 0 Å². The summed E-state index contributed by atoms with van der Waals surface area (Å²) < 4.78 is 0. The predicted octanol–water partition coefficient (Wildman–Crippen LogP) is 1.39. The van der Waals surface area contributed by atoms with Crippen LogP contribution in [0.4, 0.5) is 5.13 Å². The smallest absolute Gasteiger partial charge is 0.185 e. The minimum Gasteiger partial charge on any atom is -0.348 e. The lowest BCUT2D eigenvalue weighted by molar-refractivity contribution is 0.249. The average molecular weight is 254 g/mol. The summed E-state index contributed by atoms with van der Waals surface area (Å²) in [7, 11) is 6.31. The molecule has 0 saturated carbocycles. The highest BCUT2D eigenvalue weighted by atomic mass is 32.1. The standard InChI is InChI=1S/C12H22N4S/c1-13-8-10-9-17-12(14-10)16-6-4-11(5-7-16)15(2)3/h9,11,13H,4-8H2,1-3H3. The van der Waals surface area contributed by atoms with Gasteiger partial charge in [0.15, 0.2) is 5.13 Å². The van der Waals surface area contributed by atoms with Gasteiger partial charge in [-0.15, -0.1) is 11.3 Å². The number of anilines is 1. The SMILES string of the molecule is CNCc1csc(N2CCC(N(C)C)CC2)n1. The van der Waals surface area contributed by atoms with Gasteiger partial charge < -0.3 is 15.1 Å². The summed E-state index contributed by atoms with van der Waals surface area (Å²) in [4.78, 5) is 9.42. The zero-order valence-corrected chi connectivity index (χ0v) is 11.8. The number of hydrogen-bond acceptors (Lipinski definition) is 5. The summed E-state index contributed by atoms with van der Waals surface area (Å²) in [6.45, 7) is 3.13. The molecule has 4 nitrogen and oxygen atoms in total. The number of nitrogens with zero attached hydrogens (tertiary/aromatic N) is 3. The quantitative estimate of drug-likeness (QED) is 0.880. The second-order valence-electron chi connectivity index (χ2n) is 4.83.